The van der Waals surface area contributed by atoms with E-state index in [0.29, 0.717) is 12.6 Å². The van der Waals surface area contributed by atoms with Gasteiger partial charge in [-0.3, -0.25) is 14.7 Å². The lowest BCUT2D eigenvalue weighted by molar-refractivity contribution is -0.138. The Morgan fingerprint density at radius 1 is 1.18 bits per heavy atom. The Morgan fingerprint density at radius 3 is 2.36 bits per heavy atom. The van der Waals surface area contributed by atoms with Crippen LogP contribution in [0.5, 0.6) is 11.5 Å². The number of hydrogen-bond acceptors (Lipinski definition) is 5. The summed E-state index contributed by atoms with van der Waals surface area (Å²) in [6.07, 6.45) is 5.15. The average molecular weight is 574 g/mol. The topological polar surface area (TPSA) is 78.4 Å². The molecule has 1 aliphatic carbocycles. The number of benzene rings is 1. The van der Waals surface area contributed by atoms with Crippen molar-refractivity contribution in [3.63, 3.8) is 0 Å². The maximum atomic E-state index is 12.8. The lowest BCUT2D eigenvalue weighted by Crippen LogP contribution is -2.51. The molecule has 0 spiro atoms. The Morgan fingerprint density at radius 2 is 1.82 bits per heavy atom. The van der Waals surface area contributed by atoms with Gasteiger partial charge in [0, 0.05) is 59.4 Å². The van der Waals surface area contributed by atoms with Crippen molar-refractivity contribution >= 4 is 35.8 Å². The van der Waals surface area contributed by atoms with Crippen LogP contribution in [0.25, 0.3) is 0 Å². The summed E-state index contributed by atoms with van der Waals surface area (Å²) in [6.45, 7) is 3.42. The van der Waals surface area contributed by atoms with Crippen molar-refractivity contribution in [1.82, 2.24) is 20.4 Å². The third kappa shape index (κ3) is 7.11. The number of rotatable bonds is 8. The summed E-state index contributed by atoms with van der Waals surface area (Å²) >= 11 is 0. The van der Waals surface area contributed by atoms with Crippen molar-refractivity contribution in [2.24, 2.45) is 10.4 Å². The van der Waals surface area contributed by atoms with Gasteiger partial charge in [0.1, 0.15) is 11.5 Å². The van der Waals surface area contributed by atoms with Gasteiger partial charge in [-0.25, -0.2) is 0 Å². The molecule has 33 heavy (non-hydrogen) atoms. The minimum atomic E-state index is -0.311. The van der Waals surface area contributed by atoms with Crippen LogP contribution in [0.15, 0.2) is 23.2 Å². The monoisotopic (exact) mass is 573 g/mol. The van der Waals surface area contributed by atoms with Crippen molar-refractivity contribution in [3.8, 4) is 11.5 Å². The first-order valence-corrected chi connectivity index (χ1v) is 11.5. The van der Waals surface area contributed by atoms with E-state index in [1.807, 2.05) is 20.2 Å². The van der Waals surface area contributed by atoms with Crippen LogP contribution in [0.1, 0.15) is 37.7 Å². The van der Waals surface area contributed by atoms with E-state index in [4.69, 9.17) is 9.47 Å². The van der Waals surface area contributed by atoms with Gasteiger partial charge in [-0.15, -0.1) is 24.0 Å². The molecule has 0 aromatic heterocycles. The lowest BCUT2D eigenvalue weighted by Gasteiger charge is -2.31. The Hall–Kier alpha value is -1.75. The Labute approximate surface area is 215 Å². The summed E-state index contributed by atoms with van der Waals surface area (Å²) < 4.78 is 10.8. The number of methoxy groups -OCH3 is 2. The largest absolute Gasteiger partial charge is 0.497 e. The van der Waals surface area contributed by atoms with Crippen LogP contribution >= 0.6 is 24.0 Å². The molecule has 3 rings (SSSR count). The van der Waals surface area contributed by atoms with Crippen molar-refractivity contribution < 1.29 is 14.3 Å². The molecule has 1 aliphatic heterocycles. The molecule has 1 atom stereocenters. The number of hydrogen-bond donors (Lipinski definition) is 2. The second-order valence-electron chi connectivity index (χ2n) is 9.20. The van der Waals surface area contributed by atoms with Gasteiger partial charge < -0.3 is 25.0 Å². The molecule has 0 radical (unpaired) electrons. The number of ether oxygens (including phenoxy) is 2. The molecule has 1 saturated carbocycles. The molecule has 1 aromatic rings. The number of nitrogens with zero attached hydrogens (tertiary/aromatic N) is 3. The van der Waals surface area contributed by atoms with Gasteiger partial charge >= 0.3 is 0 Å². The van der Waals surface area contributed by atoms with Crippen LogP contribution in [0.2, 0.25) is 0 Å². The van der Waals surface area contributed by atoms with Crippen molar-refractivity contribution in [2.45, 2.75) is 44.7 Å². The highest BCUT2D eigenvalue weighted by Gasteiger charge is 2.42. The van der Waals surface area contributed by atoms with Crippen LogP contribution in [-0.2, 0) is 11.3 Å². The van der Waals surface area contributed by atoms with Gasteiger partial charge in [-0.05, 0) is 37.0 Å². The number of amides is 1. The van der Waals surface area contributed by atoms with E-state index in [0.717, 1.165) is 69.2 Å². The molecule has 0 bridgehead atoms. The van der Waals surface area contributed by atoms with E-state index in [9.17, 15) is 4.79 Å². The van der Waals surface area contributed by atoms with Gasteiger partial charge in [0.15, 0.2) is 5.96 Å². The van der Waals surface area contributed by atoms with E-state index < -0.39 is 0 Å². The fourth-order valence-corrected chi connectivity index (χ4v) is 4.94. The zero-order chi connectivity index (χ0) is 23.1. The second-order valence-corrected chi connectivity index (χ2v) is 9.20. The maximum absolute atomic E-state index is 12.8. The van der Waals surface area contributed by atoms with Gasteiger partial charge in [0.2, 0.25) is 5.91 Å². The first-order valence-electron chi connectivity index (χ1n) is 11.5. The quantitative estimate of drug-likeness (QED) is 0.283. The number of carbonyl (C=O) groups is 1. The zero-order valence-electron chi connectivity index (χ0n) is 20.6. The summed E-state index contributed by atoms with van der Waals surface area (Å²) in [5.74, 6) is 2.62. The third-order valence-corrected chi connectivity index (χ3v) is 6.67. The zero-order valence-corrected chi connectivity index (χ0v) is 23.0. The van der Waals surface area contributed by atoms with Crippen LogP contribution < -0.4 is 20.1 Å². The molecular weight excluding hydrogens is 533 g/mol. The predicted molar refractivity (Wildman–Crippen MR) is 143 cm³/mol. The highest BCUT2D eigenvalue weighted by Crippen LogP contribution is 2.38. The fourth-order valence-electron chi connectivity index (χ4n) is 4.94. The maximum Gasteiger partial charge on any atom is 0.230 e. The van der Waals surface area contributed by atoms with Crippen LogP contribution in [0, 0.1) is 5.41 Å². The Balaban J connectivity index is 0.00000385. The van der Waals surface area contributed by atoms with Crippen LogP contribution in [0.3, 0.4) is 0 Å². The number of aliphatic imine (C=N–C) groups is 1. The average Bonchev–Trinajstić information content (AvgIpc) is 3.45. The van der Waals surface area contributed by atoms with Crippen molar-refractivity contribution in [1.29, 1.82) is 0 Å². The predicted octanol–water partition coefficient (Wildman–Crippen LogP) is 2.71. The highest BCUT2D eigenvalue weighted by atomic mass is 127. The molecule has 186 valence electrons. The summed E-state index contributed by atoms with van der Waals surface area (Å²) in [5.41, 5.74) is 0.864. The molecule has 2 aliphatic rings. The fraction of sp³-hybridized carbons (Fsp3) is 0.667. The minimum absolute atomic E-state index is 0. The normalized spacial score (nSPS) is 20.2. The SMILES string of the molecule is CN=C(NCC1(C(=O)N(C)C)CCCC1)NC1CCN(Cc2cc(OC)cc(OC)c2)C1.I. The number of nitrogens with one attached hydrogen (secondary N) is 2. The van der Waals surface area contributed by atoms with Crippen molar-refractivity contribution in [3.05, 3.63) is 23.8 Å². The number of likely N-dealkylation sites (tertiary alicyclic amines) is 1. The third-order valence-electron chi connectivity index (χ3n) is 6.67. The van der Waals surface area contributed by atoms with Gasteiger partial charge in [0.05, 0.1) is 19.6 Å². The standard InChI is InChI=1S/C24H39N5O3.HI/c1-25-23(26-17-24(9-6-7-10-24)22(30)28(2)3)27-19-8-11-29(16-19)15-18-12-20(31-4)14-21(13-18)32-5;/h12-14,19H,6-11,15-17H2,1-5H3,(H2,25,26,27);1H. The molecule has 9 heteroatoms. The molecule has 1 unspecified atom stereocenters. The van der Waals surface area contributed by atoms with E-state index in [1.165, 1.54) is 5.56 Å². The number of halogens is 1. The molecular formula is C24H40IN5O3. The van der Waals surface area contributed by atoms with E-state index in [1.54, 1.807) is 26.2 Å². The first kappa shape index (κ1) is 27.5. The van der Waals surface area contributed by atoms with Gasteiger partial charge in [-0.1, -0.05) is 12.8 Å². The first-order chi connectivity index (χ1) is 15.4. The Bertz CT molecular complexity index is 789. The molecule has 1 saturated heterocycles. The summed E-state index contributed by atoms with van der Waals surface area (Å²) in [5, 5.41) is 7.01. The molecule has 1 amide bonds. The number of guanidine groups is 1. The summed E-state index contributed by atoms with van der Waals surface area (Å²) in [4.78, 5) is 21.4. The number of carbonyl (C=O) groups excluding carboxylic acids is 1. The minimum Gasteiger partial charge on any atom is -0.497 e. The van der Waals surface area contributed by atoms with E-state index in [2.05, 4.69) is 32.7 Å². The molecule has 1 heterocycles. The molecule has 2 fully saturated rings. The van der Waals surface area contributed by atoms with Gasteiger partial charge in [-0.2, -0.15) is 0 Å². The summed E-state index contributed by atoms with van der Waals surface area (Å²) in [6, 6.07) is 6.34. The molecule has 2 N–H and O–H groups in total. The van der Waals surface area contributed by atoms with Crippen LogP contribution in [0.4, 0.5) is 0 Å². The lowest BCUT2D eigenvalue weighted by atomic mass is 9.84. The van der Waals surface area contributed by atoms with Gasteiger partial charge in [0.25, 0.3) is 0 Å². The van der Waals surface area contributed by atoms with Crippen molar-refractivity contribution in [2.75, 3.05) is 55.0 Å². The summed E-state index contributed by atoms with van der Waals surface area (Å²) in [7, 11) is 8.84. The smallest absolute Gasteiger partial charge is 0.230 e. The highest BCUT2D eigenvalue weighted by molar-refractivity contribution is 14.0. The van der Waals surface area contributed by atoms with Crippen LogP contribution in [-0.4, -0.2) is 82.7 Å². The van der Waals surface area contributed by atoms with E-state index in [-0.39, 0.29) is 35.3 Å². The second kappa shape index (κ2) is 12.6. The molecule has 8 nitrogen and oxygen atoms in total. The molecule has 1 aromatic carbocycles. The Kier molecular flexibility index (Phi) is 10.5. The van der Waals surface area contributed by atoms with E-state index >= 15 is 0 Å².